The third kappa shape index (κ3) is 4.86. The molecule has 1 amide bonds. The van der Waals surface area contributed by atoms with Crippen molar-refractivity contribution in [3.8, 4) is 5.75 Å². The van der Waals surface area contributed by atoms with Gasteiger partial charge in [0.25, 0.3) is 0 Å². The number of fused-ring (bicyclic) bond motifs is 1. The molecule has 0 saturated carbocycles. The van der Waals surface area contributed by atoms with Crippen molar-refractivity contribution in [1.29, 1.82) is 0 Å². The second kappa shape index (κ2) is 9.14. The van der Waals surface area contributed by atoms with Crippen LogP contribution in [0.1, 0.15) is 0 Å². The molecule has 0 aliphatic carbocycles. The number of hydroxylamine groups is 1. The summed E-state index contributed by atoms with van der Waals surface area (Å²) < 4.78 is 21.8. The average Bonchev–Trinajstić information content (AvgIpc) is 3.00. The predicted octanol–water partition coefficient (Wildman–Crippen LogP) is 2.19. The van der Waals surface area contributed by atoms with Crippen molar-refractivity contribution >= 4 is 45.7 Å². The number of anilines is 2. The summed E-state index contributed by atoms with van der Waals surface area (Å²) in [7, 11) is 0. The highest BCUT2D eigenvalue weighted by Gasteiger charge is 2.17. The van der Waals surface area contributed by atoms with Gasteiger partial charge in [-0.2, -0.15) is 5.48 Å². The van der Waals surface area contributed by atoms with Gasteiger partial charge in [-0.25, -0.2) is 14.2 Å². The van der Waals surface area contributed by atoms with Crippen LogP contribution in [0.4, 0.5) is 20.7 Å². The number of benzene rings is 1. The van der Waals surface area contributed by atoms with Crippen LogP contribution in [0.25, 0.3) is 5.52 Å². The molecule has 2 heterocycles. The van der Waals surface area contributed by atoms with Crippen molar-refractivity contribution in [2.24, 2.45) is 0 Å². The number of amides is 1. The molecular formula is C17H16FIN4O5. The van der Waals surface area contributed by atoms with E-state index in [2.05, 4.69) is 10.3 Å². The number of halogens is 2. The molecule has 0 aliphatic heterocycles. The maximum atomic E-state index is 14.2. The smallest absolute Gasteiger partial charge is 0.405 e. The van der Waals surface area contributed by atoms with Crippen molar-refractivity contribution in [2.75, 3.05) is 18.5 Å². The molecule has 0 radical (unpaired) electrons. The third-order valence-electron chi connectivity index (χ3n) is 3.57. The SMILES string of the molecule is O=C(NOC[C@H](O)CO)Oc1cc2ccncn2c1Nc1ccc(I)cc1F. The zero-order chi connectivity index (χ0) is 20.1. The standard InChI is InChI=1S/C17H16FIN4O5/c18-13-5-10(19)1-2-14(13)21-16-15(6-11-3-4-20-9-23(11)16)28-17(26)22-27-8-12(25)7-24/h1-6,9,12,21,24-25H,7-8H2,(H,22,26)/t12-/m1/s1. The number of carbonyl (C=O) groups is 1. The summed E-state index contributed by atoms with van der Waals surface area (Å²) in [5, 5.41) is 20.8. The Kier molecular flexibility index (Phi) is 6.61. The number of nitrogens with one attached hydrogen (secondary N) is 2. The van der Waals surface area contributed by atoms with Crippen LogP contribution in [0.5, 0.6) is 5.75 Å². The molecule has 0 saturated heterocycles. The van der Waals surface area contributed by atoms with Gasteiger partial charge >= 0.3 is 6.09 Å². The number of carbonyl (C=O) groups excluding carboxylic acids is 1. The molecule has 0 fully saturated rings. The topological polar surface area (TPSA) is 117 Å². The van der Waals surface area contributed by atoms with Gasteiger partial charge in [-0.1, -0.05) is 0 Å². The van der Waals surface area contributed by atoms with E-state index in [1.807, 2.05) is 28.1 Å². The molecule has 1 atom stereocenters. The zero-order valence-electron chi connectivity index (χ0n) is 14.3. The van der Waals surface area contributed by atoms with Crippen LogP contribution in [0.15, 0.2) is 42.9 Å². The Hall–Kier alpha value is -2.48. The molecule has 28 heavy (non-hydrogen) atoms. The van der Waals surface area contributed by atoms with Gasteiger partial charge in [0, 0.05) is 15.8 Å². The lowest BCUT2D eigenvalue weighted by Gasteiger charge is -2.12. The van der Waals surface area contributed by atoms with E-state index in [1.54, 1.807) is 34.9 Å². The molecule has 3 rings (SSSR count). The number of aliphatic hydroxyl groups is 2. The number of aromatic nitrogens is 2. The molecule has 1 aromatic carbocycles. The highest BCUT2D eigenvalue weighted by molar-refractivity contribution is 14.1. The minimum atomic E-state index is -1.13. The molecule has 0 bridgehead atoms. The van der Waals surface area contributed by atoms with Gasteiger partial charge in [0.1, 0.15) is 24.9 Å². The normalized spacial score (nSPS) is 12.0. The first-order valence-electron chi connectivity index (χ1n) is 8.03. The van der Waals surface area contributed by atoms with E-state index in [1.165, 1.54) is 12.4 Å². The summed E-state index contributed by atoms with van der Waals surface area (Å²) in [4.78, 5) is 20.7. The second-order valence-electron chi connectivity index (χ2n) is 5.62. The van der Waals surface area contributed by atoms with Crippen LogP contribution in [0, 0.1) is 9.39 Å². The van der Waals surface area contributed by atoms with Gasteiger partial charge in [0.05, 0.1) is 17.8 Å². The monoisotopic (exact) mass is 502 g/mol. The average molecular weight is 502 g/mol. The minimum absolute atomic E-state index is 0.106. The lowest BCUT2D eigenvalue weighted by molar-refractivity contribution is -0.0290. The second-order valence-corrected chi connectivity index (χ2v) is 6.87. The Morgan fingerprint density at radius 1 is 1.36 bits per heavy atom. The van der Waals surface area contributed by atoms with E-state index >= 15 is 0 Å². The molecule has 3 aromatic rings. The van der Waals surface area contributed by atoms with E-state index in [4.69, 9.17) is 14.7 Å². The van der Waals surface area contributed by atoms with Gasteiger partial charge in [-0.05, 0) is 46.9 Å². The lowest BCUT2D eigenvalue weighted by Crippen LogP contribution is -2.31. The Morgan fingerprint density at radius 3 is 2.93 bits per heavy atom. The number of ether oxygens (including phenoxy) is 1. The lowest BCUT2D eigenvalue weighted by atomic mass is 10.3. The molecule has 0 spiro atoms. The van der Waals surface area contributed by atoms with E-state index in [0.29, 0.717) is 5.52 Å². The predicted molar refractivity (Wildman–Crippen MR) is 106 cm³/mol. The highest BCUT2D eigenvalue weighted by atomic mass is 127. The highest BCUT2D eigenvalue weighted by Crippen LogP contribution is 2.32. The number of rotatable bonds is 7. The first-order chi connectivity index (χ1) is 13.5. The van der Waals surface area contributed by atoms with E-state index in [-0.39, 0.29) is 23.9 Å². The van der Waals surface area contributed by atoms with Crippen molar-refractivity contribution < 1.29 is 29.0 Å². The fourth-order valence-electron chi connectivity index (χ4n) is 2.29. The molecule has 2 aromatic heterocycles. The molecule has 4 N–H and O–H groups in total. The first kappa shape index (κ1) is 20.3. The summed E-state index contributed by atoms with van der Waals surface area (Å²) in [5.74, 6) is -0.0778. The molecule has 11 heteroatoms. The summed E-state index contributed by atoms with van der Waals surface area (Å²) >= 11 is 2.00. The number of hydrogen-bond acceptors (Lipinski definition) is 7. The first-order valence-corrected chi connectivity index (χ1v) is 9.11. The van der Waals surface area contributed by atoms with Crippen LogP contribution >= 0.6 is 22.6 Å². The van der Waals surface area contributed by atoms with Crippen LogP contribution in [-0.4, -0.2) is 45.0 Å². The number of hydrogen-bond donors (Lipinski definition) is 4. The minimum Gasteiger partial charge on any atom is -0.405 e. The van der Waals surface area contributed by atoms with Gasteiger partial charge < -0.3 is 20.3 Å². The Balaban J connectivity index is 1.82. The summed E-state index contributed by atoms with van der Waals surface area (Å²) in [5.41, 5.74) is 2.84. The van der Waals surface area contributed by atoms with Gasteiger partial charge in [0.15, 0.2) is 11.6 Å². The van der Waals surface area contributed by atoms with Crippen molar-refractivity contribution in [1.82, 2.24) is 14.9 Å². The Morgan fingerprint density at radius 2 is 2.18 bits per heavy atom. The van der Waals surface area contributed by atoms with Crippen LogP contribution in [0.2, 0.25) is 0 Å². The summed E-state index contributed by atoms with van der Waals surface area (Å²) in [6.07, 6.45) is 0.958. The molecule has 148 valence electrons. The van der Waals surface area contributed by atoms with E-state index in [9.17, 15) is 14.3 Å². The largest absolute Gasteiger partial charge is 0.436 e. The summed E-state index contributed by atoms with van der Waals surface area (Å²) in [6.45, 7) is -0.823. The molecule has 0 aliphatic rings. The van der Waals surface area contributed by atoms with E-state index in [0.717, 1.165) is 3.57 Å². The van der Waals surface area contributed by atoms with Crippen molar-refractivity contribution in [3.63, 3.8) is 0 Å². The Bertz CT molecular complexity index is 983. The quantitative estimate of drug-likeness (QED) is 0.289. The summed E-state index contributed by atoms with van der Waals surface area (Å²) in [6, 6.07) is 7.92. The van der Waals surface area contributed by atoms with Gasteiger partial charge in [0.2, 0.25) is 0 Å². The van der Waals surface area contributed by atoms with Crippen LogP contribution in [-0.2, 0) is 4.84 Å². The number of aliphatic hydroxyl groups excluding tert-OH is 2. The van der Waals surface area contributed by atoms with Crippen molar-refractivity contribution in [3.05, 3.63) is 52.2 Å². The maximum Gasteiger partial charge on any atom is 0.436 e. The van der Waals surface area contributed by atoms with Gasteiger partial charge in [-0.3, -0.25) is 9.24 Å². The fourth-order valence-corrected chi connectivity index (χ4v) is 2.74. The fraction of sp³-hybridized carbons (Fsp3) is 0.176. The molecular weight excluding hydrogens is 486 g/mol. The Labute approximate surface area is 172 Å². The van der Waals surface area contributed by atoms with Crippen molar-refractivity contribution in [2.45, 2.75) is 6.10 Å². The molecule has 9 nitrogen and oxygen atoms in total. The van der Waals surface area contributed by atoms with Gasteiger partial charge in [-0.15, -0.1) is 0 Å². The third-order valence-corrected chi connectivity index (χ3v) is 4.24. The van der Waals surface area contributed by atoms with E-state index < -0.39 is 24.6 Å². The van der Waals surface area contributed by atoms with Crippen LogP contribution in [0.3, 0.4) is 0 Å². The zero-order valence-corrected chi connectivity index (χ0v) is 16.5. The van der Waals surface area contributed by atoms with Crippen LogP contribution < -0.4 is 15.5 Å². The number of nitrogens with zero attached hydrogens (tertiary/aromatic N) is 2. The molecule has 0 unspecified atom stereocenters. The maximum absolute atomic E-state index is 14.2.